The first-order valence-corrected chi connectivity index (χ1v) is 11.1. The molecule has 160 valence electrons. The number of carbonyl (C=O) groups excluding carboxylic acids is 1. The van der Waals surface area contributed by atoms with Crippen LogP contribution in [0.3, 0.4) is 0 Å². The van der Waals surface area contributed by atoms with Gasteiger partial charge in [-0.25, -0.2) is 0 Å². The van der Waals surface area contributed by atoms with Crippen molar-refractivity contribution < 1.29 is 14.3 Å². The fourth-order valence-electron chi connectivity index (χ4n) is 4.45. The number of rotatable bonds is 6. The topological polar surface area (TPSA) is 42.0 Å². The highest BCUT2D eigenvalue weighted by atomic mass is 16.5. The van der Waals surface area contributed by atoms with Gasteiger partial charge in [0, 0.05) is 38.3 Å². The van der Waals surface area contributed by atoms with Crippen LogP contribution in [-0.4, -0.2) is 61.2 Å². The van der Waals surface area contributed by atoms with Crippen molar-refractivity contribution in [3.05, 3.63) is 65.7 Å². The summed E-state index contributed by atoms with van der Waals surface area (Å²) in [5, 5.41) is 0. The summed E-state index contributed by atoms with van der Waals surface area (Å²) in [4.78, 5) is 17.2. The molecule has 2 aromatic rings. The predicted molar refractivity (Wildman–Crippen MR) is 118 cm³/mol. The minimum absolute atomic E-state index is 0.0848. The molecule has 1 amide bonds. The molecule has 0 spiro atoms. The maximum absolute atomic E-state index is 12.8. The first kappa shape index (κ1) is 20.9. The number of amides is 1. The summed E-state index contributed by atoms with van der Waals surface area (Å²) in [6.45, 7) is 4.72. The highest BCUT2D eigenvalue weighted by Crippen LogP contribution is 2.23. The second-order valence-electron chi connectivity index (χ2n) is 8.32. The lowest BCUT2D eigenvalue weighted by atomic mass is 10.0. The van der Waals surface area contributed by atoms with Crippen LogP contribution in [0.25, 0.3) is 0 Å². The van der Waals surface area contributed by atoms with Gasteiger partial charge < -0.3 is 14.4 Å². The first-order chi connectivity index (χ1) is 14.7. The second-order valence-corrected chi connectivity index (χ2v) is 8.32. The average molecular weight is 409 g/mol. The van der Waals surface area contributed by atoms with E-state index in [1.54, 1.807) is 7.11 Å². The zero-order valence-corrected chi connectivity index (χ0v) is 17.8. The predicted octanol–water partition coefficient (Wildman–Crippen LogP) is 3.98. The Balaban J connectivity index is 1.19. The van der Waals surface area contributed by atoms with E-state index in [0.29, 0.717) is 11.7 Å². The van der Waals surface area contributed by atoms with Crippen LogP contribution in [0.4, 0.5) is 0 Å². The van der Waals surface area contributed by atoms with Crippen molar-refractivity contribution in [3.8, 4) is 5.75 Å². The number of hydrogen-bond donors (Lipinski definition) is 0. The molecule has 0 unspecified atom stereocenters. The molecular weight excluding hydrogens is 376 g/mol. The Morgan fingerprint density at radius 1 is 0.900 bits per heavy atom. The van der Waals surface area contributed by atoms with Crippen LogP contribution in [-0.2, 0) is 11.3 Å². The molecule has 0 aromatic heterocycles. The molecule has 0 saturated carbocycles. The second kappa shape index (κ2) is 10.1. The smallest absolute Gasteiger partial charge is 0.253 e. The lowest BCUT2D eigenvalue weighted by molar-refractivity contribution is -0.0629. The summed E-state index contributed by atoms with van der Waals surface area (Å²) in [6, 6.07) is 18.1. The third-order valence-corrected chi connectivity index (χ3v) is 6.21. The van der Waals surface area contributed by atoms with Crippen LogP contribution < -0.4 is 4.74 Å². The number of likely N-dealkylation sites (tertiary alicyclic amines) is 2. The fourth-order valence-corrected chi connectivity index (χ4v) is 4.45. The summed E-state index contributed by atoms with van der Waals surface area (Å²) >= 11 is 0. The van der Waals surface area contributed by atoms with Crippen LogP contribution in [0.1, 0.15) is 41.6 Å². The number of carbonyl (C=O) groups is 1. The van der Waals surface area contributed by atoms with Crippen molar-refractivity contribution in [3.63, 3.8) is 0 Å². The zero-order valence-electron chi connectivity index (χ0n) is 17.8. The Labute approximate surface area is 179 Å². The van der Waals surface area contributed by atoms with E-state index in [-0.39, 0.29) is 12.0 Å². The molecule has 0 atom stereocenters. The van der Waals surface area contributed by atoms with Crippen LogP contribution in [0, 0.1) is 0 Å². The van der Waals surface area contributed by atoms with Gasteiger partial charge in [-0.15, -0.1) is 0 Å². The first-order valence-electron chi connectivity index (χ1n) is 11.1. The van der Waals surface area contributed by atoms with Crippen molar-refractivity contribution >= 4 is 5.91 Å². The summed E-state index contributed by atoms with van der Waals surface area (Å²) in [5.41, 5.74) is 2.07. The van der Waals surface area contributed by atoms with E-state index in [1.807, 2.05) is 29.2 Å². The number of methoxy groups -OCH3 is 1. The third-order valence-electron chi connectivity index (χ3n) is 6.21. The average Bonchev–Trinajstić information content (AvgIpc) is 2.81. The molecule has 5 nitrogen and oxygen atoms in total. The minimum atomic E-state index is 0.0848. The van der Waals surface area contributed by atoms with Crippen molar-refractivity contribution in [1.29, 1.82) is 0 Å². The normalized spacial score (nSPS) is 19.0. The molecule has 2 aliphatic rings. The lowest BCUT2D eigenvalue weighted by Crippen LogP contribution is -2.43. The number of piperidine rings is 2. The standard InChI is InChI=1S/C25H32N2O3/c1-29-24-9-5-8-21(18-24)25(28)27-16-12-23(13-17-27)30-22-10-14-26(15-11-22)19-20-6-3-2-4-7-20/h2-9,18,22-23H,10-17,19H2,1H3. The summed E-state index contributed by atoms with van der Waals surface area (Å²) in [5.74, 6) is 0.805. The van der Waals surface area contributed by atoms with Crippen LogP contribution in [0.2, 0.25) is 0 Å². The van der Waals surface area contributed by atoms with E-state index in [1.165, 1.54) is 5.56 Å². The summed E-state index contributed by atoms with van der Waals surface area (Å²) in [6.07, 6.45) is 4.64. The van der Waals surface area contributed by atoms with E-state index in [9.17, 15) is 4.79 Å². The fraction of sp³-hybridized carbons (Fsp3) is 0.480. The number of nitrogens with zero attached hydrogens (tertiary/aromatic N) is 2. The van der Waals surface area contributed by atoms with Gasteiger partial charge in [-0.05, 0) is 49.4 Å². The maximum Gasteiger partial charge on any atom is 0.253 e. The Hall–Kier alpha value is -2.37. The minimum Gasteiger partial charge on any atom is -0.497 e. The molecular formula is C25H32N2O3. The molecule has 0 N–H and O–H groups in total. The van der Waals surface area contributed by atoms with Crippen molar-refractivity contribution in [2.24, 2.45) is 0 Å². The van der Waals surface area contributed by atoms with E-state index < -0.39 is 0 Å². The number of ether oxygens (including phenoxy) is 2. The molecule has 0 radical (unpaired) electrons. The van der Waals surface area contributed by atoms with Crippen molar-refractivity contribution in [1.82, 2.24) is 9.80 Å². The van der Waals surface area contributed by atoms with E-state index in [0.717, 1.165) is 64.2 Å². The van der Waals surface area contributed by atoms with E-state index >= 15 is 0 Å². The maximum atomic E-state index is 12.8. The van der Waals surface area contributed by atoms with Gasteiger partial charge in [-0.1, -0.05) is 36.4 Å². The molecule has 30 heavy (non-hydrogen) atoms. The monoisotopic (exact) mass is 408 g/mol. The Morgan fingerprint density at radius 3 is 2.23 bits per heavy atom. The molecule has 5 heteroatoms. The Kier molecular flexibility index (Phi) is 7.03. The summed E-state index contributed by atoms with van der Waals surface area (Å²) < 4.78 is 11.7. The largest absolute Gasteiger partial charge is 0.497 e. The highest BCUT2D eigenvalue weighted by Gasteiger charge is 2.28. The molecule has 2 aliphatic heterocycles. The molecule has 2 saturated heterocycles. The molecule has 4 rings (SSSR count). The Morgan fingerprint density at radius 2 is 1.57 bits per heavy atom. The van der Waals surface area contributed by atoms with Crippen LogP contribution in [0.15, 0.2) is 54.6 Å². The SMILES string of the molecule is COc1cccc(C(=O)N2CCC(OC3CCN(Cc4ccccc4)CC3)CC2)c1. The Bertz CT molecular complexity index is 810. The van der Waals surface area contributed by atoms with Gasteiger partial charge in [-0.3, -0.25) is 9.69 Å². The molecule has 2 aromatic carbocycles. The third kappa shape index (κ3) is 5.41. The summed E-state index contributed by atoms with van der Waals surface area (Å²) in [7, 11) is 1.62. The van der Waals surface area contributed by atoms with Crippen molar-refractivity contribution in [2.45, 2.75) is 44.4 Å². The molecule has 0 bridgehead atoms. The molecule has 2 fully saturated rings. The number of benzene rings is 2. The van der Waals surface area contributed by atoms with Gasteiger partial charge in [0.25, 0.3) is 5.91 Å². The van der Waals surface area contributed by atoms with E-state index in [4.69, 9.17) is 9.47 Å². The van der Waals surface area contributed by atoms with Crippen LogP contribution in [0.5, 0.6) is 5.75 Å². The zero-order chi connectivity index (χ0) is 20.8. The van der Waals surface area contributed by atoms with Gasteiger partial charge in [0.1, 0.15) is 5.75 Å². The number of hydrogen-bond acceptors (Lipinski definition) is 4. The van der Waals surface area contributed by atoms with Crippen molar-refractivity contribution in [2.75, 3.05) is 33.3 Å². The van der Waals surface area contributed by atoms with Gasteiger partial charge in [0.05, 0.1) is 19.3 Å². The van der Waals surface area contributed by atoms with E-state index in [2.05, 4.69) is 35.2 Å². The lowest BCUT2D eigenvalue weighted by Gasteiger charge is -2.37. The van der Waals surface area contributed by atoms with Gasteiger partial charge in [0.15, 0.2) is 0 Å². The molecule has 2 heterocycles. The van der Waals surface area contributed by atoms with Gasteiger partial charge in [0.2, 0.25) is 0 Å². The molecule has 0 aliphatic carbocycles. The van der Waals surface area contributed by atoms with Gasteiger partial charge >= 0.3 is 0 Å². The van der Waals surface area contributed by atoms with Gasteiger partial charge in [-0.2, -0.15) is 0 Å². The highest BCUT2D eigenvalue weighted by molar-refractivity contribution is 5.94. The quantitative estimate of drug-likeness (QED) is 0.725. The van der Waals surface area contributed by atoms with Crippen LogP contribution >= 0.6 is 0 Å².